The van der Waals surface area contributed by atoms with Crippen molar-refractivity contribution in [3.63, 3.8) is 0 Å². The Morgan fingerprint density at radius 2 is 1.90 bits per heavy atom. The summed E-state index contributed by atoms with van der Waals surface area (Å²) < 4.78 is 27.7. The van der Waals surface area contributed by atoms with E-state index in [1.54, 1.807) is 28.7 Å². The minimum absolute atomic E-state index is 0.319. The average molecular weight is 455 g/mol. The van der Waals surface area contributed by atoms with E-state index < -0.39 is 10.0 Å². The normalized spacial score (nSPS) is 16.1. The number of thiazole rings is 1. The van der Waals surface area contributed by atoms with Gasteiger partial charge in [-0.3, -0.25) is 5.43 Å². The van der Waals surface area contributed by atoms with Gasteiger partial charge in [0.05, 0.1) is 16.8 Å². The zero-order valence-electron chi connectivity index (χ0n) is 17.7. The third kappa shape index (κ3) is 5.20. The minimum atomic E-state index is -3.49. The Morgan fingerprint density at radius 3 is 2.65 bits per heavy atom. The van der Waals surface area contributed by atoms with Gasteiger partial charge in [0.1, 0.15) is 0 Å². The molecular formula is C23H26N4O2S2. The number of benzene rings is 2. The molecule has 4 rings (SSSR count). The Morgan fingerprint density at radius 1 is 1.16 bits per heavy atom. The Balaban J connectivity index is 1.47. The summed E-state index contributed by atoms with van der Waals surface area (Å²) in [6.07, 6.45) is 3.56. The summed E-state index contributed by atoms with van der Waals surface area (Å²) in [5.41, 5.74) is 6.65. The molecule has 0 radical (unpaired) electrons. The molecule has 162 valence electrons. The van der Waals surface area contributed by atoms with Crippen LogP contribution in [0.1, 0.15) is 30.9 Å². The third-order valence-corrected chi connectivity index (χ3v) is 8.11. The summed E-state index contributed by atoms with van der Waals surface area (Å²) in [4.78, 5) is 4.88. The quantitative estimate of drug-likeness (QED) is 0.421. The highest BCUT2D eigenvalue weighted by molar-refractivity contribution is 7.89. The molecule has 1 aromatic heterocycles. The molecule has 1 N–H and O–H groups in total. The van der Waals surface area contributed by atoms with Crippen LogP contribution in [0.25, 0.3) is 11.3 Å². The second-order valence-electron chi connectivity index (χ2n) is 7.93. The fourth-order valence-corrected chi connectivity index (χ4v) is 5.65. The topological polar surface area (TPSA) is 74.7 Å². The van der Waals surface area contributed by atoms with Crippen molar-refractivity contribution in [1.29, 1.82) is 0 Å². The van der Waals surface area contributed by atoms with Gasteiger partial charge < -0.3 is 0 Å². The maximum absolute atomic E-state index is 13.1. The smallest absolute Gasteiger partial charge is 0.243 e. The van der Waals surface area contributed by atoms with Crippen LogP contribution in [0.5, 0.6) is 0 Å². The molecule has 0 unspecified atom stereocenters. The highest BCUT2D eigenvalue weighted by Gasteiger charge is 2.28. The lowest BCUT2D eigenvalue weighted by molar-refractivity contribution is 0.288. The summed E-state index contributed by atoms with van der Waals surface area (Å²) in [5.74, 6) is 0.576. The molecule has 0 bridgehead atoms. The molecule has 0 spiro atoms. The molecule has 1 saturated heterocycles. The number of rotatable bonds is 6. The summed E-state index contributed by atoms with van der Waals surface area (Å²) in [5, 5.41) is 6.79. The van der Waals surface area contributed by atoms with Gasteiger partial charge in [0, 0.05) is 24.0 Å². The lowest BCUT2D eigenvalue weighted by atomic mass is 10.0. The number of hydrogen-bond donors (Lipinski definition) is 1. The van der Waals surface area contributed by atoms with Gasteiger partial charge in [-0.2, -0.15) is 9.41 Å². The lowest BCUT2D eigenvalue weighted by Gasteiger charge is -2.29. The van der Waals surface area contributed by atoms with E-state index in [1.165, 1.54) is 16.9 Å². The molecule has 0 aliphatic carbocycles. The fourth-order valence-electron chi connectivity index (χ4n) is 3.46. The number of anilines is 1. The summed E-state index contributed by atoms with van der Waals surface area (Å²) >= 11 is 1.43. The first-order valence-electron chi connectivity index (χ1n) is 10.3. The van der Waals surface area contributed by atoms with Crippen molar-refractivity contribution in [3.8, 4) is 11.3 Å². The Hall–Kier alpha value is -2.55. The maximum atomic E-state index is 13.1. The Bertz CT molecular complexity index is 1160. The van der Waals surface area contributed by atoms with E-state index in [0.717, 1.165) is 29.7 Å². The molecule has 0 atom stereocenters. The molecule has 2 heterocycles. The van der Waals surface area contributed by atoms with Crippen LogP contribution in [0.15, 0.2) is 63.9 Å². The van der Waals surface area contributed by atoms with Crippen LogP contribution >= 0.6 is 11.3 Å². The van der Waals surface area contributed by atoms with Gasteiger partial charge in [-0.1, -0.05) is 48.9 Å². The first-order chi connectivity index (χ1) is 14.9. The van der Waals surface area contributed by atoms with Crippen LogP contribution in [0.3, 0.4) is 0 Å². The predicted molar refractivity (Wildman–Crippen MR) is 127 cm³/mol. The van der Waals surface area contributed by atoms with Gasteiger partial charge in [-0.05, 0) is 43.4 Å². The zero-order valence-corrected chi connectivity index (χ0v) is 19.3. The number of aromatic nitrogens is 1. The van der Waals surface area contributed by atoms with Crippen molar-refractivity contribution in [3.05, 3.63) is 65.0 Å². The van der Waals surface area contributed by atoms with Crippen molar-refractivity contribution in [2.24, 2.45) is 11.0 Å². The number of nitrogens with zero attached hydrogens (tertiary/aromatic N) is 3. The summed E-state index contributed by atoms with van der Waals surface area (Å²) in [6, 6.07) is 15.1. The van der Waals surface area contributed by atoms with Crippen molar-refractivity contribution in [1.82, 2.24) is 9.29 Å². The molecule has 2 aromatic carbocycles. The number of aryl methyl sites for hydroxylation is 1. The van der Waals surface area contributed by atoms with Gasteiger partial charge in [0.15, 0.2) is 0 Å². The lowest BCUT2D eigenvalue weighted by Crippen LogP contribution is -2.37. The molecule has 0 saturated carbocycles. The van der Waals surface area contributed by atoms with E-state index >= 15 is 0 Å². The van der Waals surface area contributed by atoms with Gasteiger partial charge in [-0.25, -0.2) is 13.4 Å². The second kappa shape index (κ2) is 9.30. The first-order valence-corrected chi connectivity index (χ1v) is 12.7. The first kappa shape index (κ1) is 21.7. The van der Waals surface area contributed by atoms with E-state index in [9.17, 15) is 8.42 Å². The fraction of sp³-hybridized carbons (Fsp3) is 0.304. The van der Waals surface area contributed by atoms with Crippen molar-refractivity contribution >= 4 is 32.7 Å². The monoisotopic (exact) mass is 454 g/mol. The van der Waals surface area contributed by atoms with Crippen molar-refractivity contribution in [2.45, 2.75) is 31.6 Å². The van der Waals surface area contributed by atoms with Crippen LogP contribution in [0.4, 0.5) is 5.13 Å². The highest BCUT2D eigenvalue weighted by atomic mass is 32.2. The van der Waals surface area contributed by atoms with Crippen LogP contribution in [0.2, 0.25) is 0 Å². The van der Waals surface area contributed by atoms with E-state index in [2.05, 4.69) is 22.4 Å². The Kier molecular flexibility index (Phi) is 6.50. The zero-order chi connectivity index (χ0) is 21.8. The average Bonchev–Trinajstić information content (AvgIpc) is 3.25. The van der Waals surface area contributed by atoms with Gasteiger partial charge in [-0.15, -0.1) is 11.3 Å². The van der Waals surface area contributed by atoms with Crippen LogP contribution in [-0.4, -0.2) is 37.0 Å². The number of hydrazone groups is 1. The molecular weight excluding hydrogens is 428 g/mol. The van der Waals surface area contributed by atoms with Gasteiger partial charge in [0.25, 0.3) is 0 Å². The van der Waals surface area contributed by atoms with E-state index in [1.807, 2.05) is 42.6 Å². The molecule has 31 heavy (non-hydrogen) atoms. The highest BCUT2D eigenvalue weighted by Crippen LogP contribution is 2.29. The molecule has 1 fully saturated rings. The molecule has 1 aliphatic rings. The van der Waals surface area contributed by atoms with Crippen LogP contribution in [0, 0.1) is 12.8 Å². The molecule has 8 heteroatoms. The molecule has 0 amide bonds. The van der Waals surface area contributed by atoms with Crippen molar-refractivity contribution in [2.75, 3.05) is 18.5 Å². The molecule has 1 aliphatic heterocycles. The molecule has 3 aromatic rings. The van der Waals surface area contributed by atoms with Gasteiger partial charge in [0.2, 0.25) is 15.2 Å². The third-order valence-electron chi connectivity index (χ3n) is 5.47. The largest absolute Gasteiger partial charge is 0.253 e. The van der Waals surface area contributed by atoms with Crippen LogP contribution in [-0.2, 0) is 10.0 Å². The minimum Gasteiger partial charge on any atom is -0.253 e. The second-order valence-corrected chi connectivity index (χ2v) is 10.7. The number of hydrogen-bond acceptors (Lipinski definition) is 6. The number of nitrogens with one attached hydrogen (secondary N) is 1. The van der Waals surface area contributed by atoms with Crippen molar-refractivity contribution < 1.29 is 8.42 Å². The SMILES string of the molecule is Cc1ccc(/C=N/Nc2nc(-c3cccc(S(=O)(=O)N4CCC(C)CC4)c3)cs2)cc1. The summed E-state index contributed by atoms with van der Waals surface area (Å²) in [7, 11) is -3.49. The van der Waals surface area contributed by atoms with Gasteiger partial charge >= 0.3 is 0 Å². The molecule has 6 nitrogen and oxygen atoms in total. The number of piperidine rings is 1. The summed E-state index contributed by atoms with van der Waals surface area (Å²) in [6.45, 7) is 5.38. The van der Waals surface area contributed by atoms with E-state index in [4.69, 9.17) is 0 Å². The van der Waals surface area contributed by atoms with E-state index in [0.29, 0.717) is 29.0 Å². The van der Waals surface area contributed by atoms with E-state index in [-0.39, 0.29) is 0 Å². The number of sulfonamides is 1. The Labute approximate surface area is 187 Å². The predicted octanol–water partition coefficient (Wildman–Crippen LogP) is 4.99. The standard InChI is InChI=1S/C23H26N4O2S2/c1-17-6-8-19(9-7-17)15-24-26-23-25-22(16-30-23)20-4-3-5-21(14-20)31(28,29)27-12-10-18(2)11-13-27/h3-9,14-16,18H,10-13H2,1-2H3,(H,25,26)/b24-15+. The van der Waals surface area contributed by atoms with Crippen LogP contribution < -0.4 is 5.43 Å². The maximum Gasteiger partial charge on any atom is 0.243 e.